The summed E-state index contributed by atoms with van der Waals surface area (Å²) in [6.07, 6.45) is 2.66. The highest BCUT2D eigenvalue weighted by molar-refractivity contribution is 6.33. The molecule has 1 aromatic carbocycles. The largest absolute Gasteiger partial charge is 0.354 e. The predicted molar refractivity (Wildman–Crippen MR) is 89.8 cm³/mol. The maximum atomic E-state index is 6.26. The average molecular weight is 305 g/mol. The third kappa shape index (κ3) is 3.85. The summed E-state index contributed by atoms with van der Waals surface area (Å²) in [7, 11) is 1.96. The van der Waals surface area contributed by atoms with Gasteiger partial charge < -0.3 is 10.2 Å². The van der Waals surface area contributed by atoms with E-state index in [9.17, 15) is 0 Å². The van der Waals surface area contributed by atoms with Gasteiger partial charge in [-0.15, -0.1) is 0 Å². The quantitative estimate of drug-likeness (QED) is 0.892. The van der Waals surface area contributed by atoms with Crippen LogP contribution < -0.4 is 10.2 Å². The molecule has 0 bridgehead atoms. The summed E-state index contributed by atoms with van der Waals surface area (Å²) in [5.41, 5.74) is 3.49. The van der Waals surface area contributed by atoms with Crippen molar-refractivity contribution in [3.63, 3.8) is 0 Å². The normalized spacial score (nSPS) is 10.5. The lowest BCUT2D eigenvalue weighted by atomic mass is 10.1. The summed E-state index contributed by atoms with van der Waals surface area (Å²) >= 11 is 6.26. The molecular weight excluding hydrogens is 284 g/mol. The Hall–Kier alpha value is -1.81. The van der Waals surface area contributed by atoms with Crippen molar-refractivity contribution in [2.45, 2.75) is 27.2 Å². The van der Waals surface area contributed by atoms with Crippen LogP contribution in [0, 0.1) is 13.8 Å². The first-order chi connectivity index (χ1) is 10.0. The smallest absolute Gasteiger partial charge is 0.224 e. The molecule has 0 atom stereocenters. The Morgan fingerprint density at radius 2 is 1.86 bits per heavy atom. The number of halogens is 1. The minimum absolute atomic E-state index is 0.540. The number of benzene rings is 1. The molecule has 0 aliphatic rings. The summed E-state index contributed by atoms with van der Waals surface area (Å²) in [6.45, 7) is 7.11. The van der Waals surface area contributed by atoms with E-state index in [2.05, 4.69) is 54.3 Å². The zero-order chi connectivity index (χ0) is 15.4. The van der Waals surface area contributed by atoms with Gasteiger partial charge in [-0.05, 0) is 43.5 Å². The molecule has 0 saturated carbocycles. The molecule has 0 spiro atoms. The molecule has 1 N–H and O–H groups in total. The van der Waals surface area contributed by atoms with E-state index >= 15 is 0 Å². The molecule has 0 amide bonds. The van der Waals surface area contributed by atoms with Crippen molar-refractivity contribution in [2.75, 3.05) is 23.8 Å². The van der Waals surface area contributed by atoms with Crippen LogP contribution in [0.15, 0.2) is 24.4 Å². The van der Waals surface area contributed by atoms with Crippen molar-refractivity contribution < 1.29 is 0 Å². The van der Waals surface area contributed by atoms with E-state index in [1.807, 2.05) is 11.9 Å². The highest BCUT2D eigenvalue weighted by atomic mass is 35.5. The second kappa shape index (κ2) is 6.76. The molecular formula is C16H21ClN4. The second-order valence-electron chi connectivity index (χ2n) is 5.20. The first-order valence-electron chi connectivity index (χ1n) is 7.09. The number of aryl methyl sites for hydroxylation is 2. The topological polar surface area (TPSA) is 41.1 Å². The van der Waals surface area contributed by atoms with Crippen LogP contribution in [0.2, 0.25) is 5.02 Å². The van der Waals surface area contributed by atoms with Gasteiger partial charge in [-0.25, -0.2) is 4.98 Å². The number of anilines is 3. The first kappa shape index (κ1) is 15.6. The van der Waals surface area contributed by atoms with E-state index in [0.717, 1.165) is 18.7 Å². The summed E-state index contributed by atoms with van der Waals surface area (Å²) in [4.78, 5) is 10.7. The lowest BCUT2D eigenvalue weighted by molar-refractivity contribution is 0.948. The van der Waals surface area contributed by atoms with Gasteiger partial charge in [0.1, 0.15) is 5.02 Å². The van der Waals surface area contributed by atoms with Gasteiger partial charge in [0.05, 0.1) is 6.20 Å². The summed E-state index contributed by atoms with van der Waals surface area (Å²) in [5.74, 6) is 1.31. The van der Waals surface area contributed by atoms with Gasteiger partial charge in [0.25, 0.3) is 0 Å². The van der Waals surface area contributed by atoms with E-state index in [1.54, 1.807) is 6.20 Å². The van der Waals surface area contributed by atoms with Crippen molar-refractivity contribution in [2.24, 2.45) is 0 Å². The monoisotopic (exact) mass is 304 g/mol. The van der Waals surface area contributed by atoms with Crippen molar-refractivity contribution in [3.05, 3.63) is 40.5 Å². The molecule has 0 aliphatic carbocycles. The van der Waals surface area contributed by atoms with Gasteiger partial charge in [-0.3, -0.25) is 0 Å². The zero-order valence-electron chi connectivity index (χ0n) is 12.9. The lowest BCUT2D eigenvalue weighted by Crippen LogP contribution is -2.14. The zero-order valence-corrected chi connectivity index (χ0v) is 13.7. The van der Waals surface area contributed by atoms with Gasteiger partial charge in [-0.2, -0.15) is 4.98 Å². The van der Waals surface area contributed by atoms with Crippen molar-refractivity contribution >= 4 is 29.1 Å². The third-order valence-electron chi connectivity index (χ3n) is 3.17. The minimum atomic E-state index is 0.540. The van der Waals surface area contributed by atoms with Crippen LogP contribution in [0.3, 0.4) is 0 Å². The molecule has 5 heteroatoms. The summed E-state index contributed by atoms with van der Waals surface area (Å²) in [5, 5.41) is 3.72. The van der Waals surface area contributed by atoms with E-state index in [0.29, 0.717) is 16.8 Å². The summed E-state index contributed by atoms with van der Waals surface area (Å²) < 4.78 is 0. The Morgan fingerprint density at radius 1 is 1.19 bits per heavy atom. The van der Waals surface area contributed by atoms with E-state index in [1.165, 1.54) is 11.1 Å². The van der Waals surface area contributed by atoms with Gasteiger partial charge in [0.15, 0.2) is 5.82 Å². The van der Waals surface area contributed by atoms with Gasteiger partial charge in [0.2, 0.25) is 5.95 Å². The first-order valence-corrected chi connectivity index (χ1v) is 7.47. The third-order valence-corrected chi connectivity index (χ3v) is 3.44. The molecule has 4 nitrogen and oxygen atoms in total. The Morgan fingerprint density at radius 3 is 2.48 bits per heavy atom. The Balaban J connectivity index is 2.35. The van der Waals surface area contributed by atoms with Crippen LogP contribution in [-0.2, 0) is 0 Å². The number of nitrogens with zero attached hydrogens (tertiary/aromatic N) is 3. The molecule has 112 valence electrons. The molecule has 1 heterocycles. The molecule has 2 aromatic rings. The van der Waals surface area contributed by atoms with E-state index < -0.39 is 0 Å². The average Bonchev–Trinajstić information content (AvgIpc) is 2.44. The molecule has 1 aromatic heterocycles. The maximum Gasteiger partial charge on any atom is 0.224 e. The highest BCUT2D eigenvalue weighted by Gasteiger charge is 2.12. The molecule has 21 heavy (non-hydrogen) atoms. The second-order valence-corrected chi connectivity index (χ2v) is 5.60. The van der Waals surface area contributed by atoms with Crippen molar-refractivity contribution in [1.82, 2.24) is 9.97 Å². The highest BCUT2D eigenvalue weighted by Crippen LogP contribution is 2.30. The number of rotatable bonds is 5. The van der Waals surface area contributed by atoms with E-state index in [4.69, 9.17) is 11.6 Å². The van der Waals surface area contributed by atoms with Crippen LogP contribution in [0.5, 0.6) is 0 Å². The van der Waals surface area contributed by atoms with Gasteiger partial charge in [-0.1, -0.05) is 24.6 Å². The lowest BCUT2D eigenvalue weighted by Gasteiger charge is -2.21. The molecule has 0 radical (unpaired) electrons. The van der Waals surface area contributed by atoms with Crippen LogP contribution in [-0.4, -0.2) is 23.6 Å². The Bertz CT molecular complexity index is 607. The minimum Gasteiger partial charge on any atom is -0.354 e. The molecule has 2 rings (SSSR count). The van der Waals surface area contributed by atoms with Crippen molar-refractivity contribution in [1.29, 1.82) is 0 Å². The summed E-state index contributed by atoms with van der Waals surface area (Å²) in [6, 6.07) is 6.38. The van der Waals surface area contributed by atoms with Crippen LogP contribution in [0.25, 0.3) is 0 Å². The van der Waals surface area contributed by atoms with Gasteiger partial charge >= 0.3 is 0 Å². The van der Waals surface area contributed by atoms with Crippen molar-refractivity contribution in [3.8, 4) is 0 Å². The predicted octanol–water partition coefficient (Wildman–Crippen LogP) is 4.34. The Kier molecular flexibility index (Phi) is 5.02. The SMILES string of the molecule is CCCNc1ncc(Cl)c(N(C)c2cc(C)cc(C)c2)n1. The Labute approximate surface area is 131 Å². The van der Waals surface area contributed by atoms with Gasteiger partial charge in [0, 0.05) is 19.3 Å². The molecule has 0 fully saturated rings. The fourth-order valence-corrected chi connectivity index (χ4v) is 2.40. The molecule has 0 aliphatic heterocycles. The number of aromatic nitrogens is 2. The number of nitrogens with one attached hydrogen (secondary N) is 1. The van der Waals surface area contributed by atoms with Crippen LogP contribution in [0.1, 0.15) is 24.5 Å². The maximum absolute atomic E-state index is 6.26. The van der Waals surface area contributed by atoms with E-state index in [-0.39, 0.29) is 0 Å². The number of hydrogen-bond acceptors (Lipinski definition) is 4. The molecule has 0 unspecified atom stereocenters. The van der Waals surface area contributed by atoms with Crippen LogP contribution in [0.4, 0.5) is 17.5 Å². The fraction of sp³-hybridized carbons (Fsp3) is 0.375. The standard InChI is InChI=1S/C16H21ClN4/c1-5-6-18-16-19-10-14(17)15(20-16)21(4)13-8-11(2)7-12(3)9-13/h7-10H,5-6H2,1-4H3,(H,18,19,20). The number of hydrogen-bond donors (Lipinski definition) is 1. The molecule has 0 saturated heterocycles. The van der Waals surface area contributed by atoms with Crippen LogP contribution >= 0.6 is 11.6 Å². The fourth-order valence-electron chi connectivity index (χ4n) is 2.18.